The smallest absolute Gasteiger partial charge is 0.444 e. The number of fused-ring (bicyclic) bond motifs is 1. The van der Waals surface area contributed by atoms with Crippen LogP contribution in [0.25, 0.3) is 10.1 Å². The number of benzene rings is 1. The summed E-state index contributed by atoms with van der Waals surface area (Å²) in [7, 11) is -1.48. The van der Waals surface area contributed by atoms with Gasteiger partial charge >= 0.3 is 13.2 Å². The van der Waals surface area contributed by atoms with E-state index < -0.39 is 18.8 Å². The summed E-state index contributed by atoms with van der Waals surface area (Å²) in [6.45, 7) is 5.39. The van der Waals surface area contributed by atoms with Gasteiger partial charge in [0, 0.05) is 15.2 Å². The fourth-order valence-corrected chi connectivity index (χ4v) is 2.61. The van der Waals surface area contributed by atoms with Crippen molar-refractivity contribution in [1.82, 2.24) is 0 Å². The highest BCUT2D eigenvalue weighted by atomic mass is 32.1. The summed E-state index contributed by atoms with van der Waals surface area (Å²) >= 11 is 1.30. The molecule has 1 amide bonds. The first-order chi connectivity index (χ1) is 9.24. The third kappa shape index (κ3) is 3.72. The molecule has 106 valence electrons. The van der Waals surface area contributed by atoms with Crippen molar-refractivity contribution in [2.24, 2.45) is 0 Å². The Bertz CT molecular complexity index is 633. The summed E-state index contributed by atoms with van der Waals surface area (Å²) in [5.74, 6) is 0. The number of carbonyl (C=O) groups excluding carboxylic acids is 1. The number of hydrogen-bond donors (Lipinski definition) is 3. The number of anilines is 1. The van der Waals surface area contributed by atoms with Crippen LogP contribution >= 0.6 is 11.3 Å². The minimum atomic E-state index is -1.48. The Kier molecular flexibility index (Phi) is 4.03. The molecular formula is C13H16BNO4S. The molecule has 0 fully saturated rings. The lowest BCUT2D eigenvalue weighted by Crippen LogP contribution is -2.27. The van der Waals surface area contributed by atoms with Crippen LogP contribution in [0.5, 0.6) is 0 Å². The zero-order chi connectivity index (χ0) is 14.9. The van der Waals surface area contributed by atoms with E-state index in [2.05, 4.69) is 5.32 Å². The molecule has 5 nitrogen and oxygen atoms in total. The third-order valence-electron chi connectivity index (χ3n) is 2.44. The molecular weight excluding hydrogens is 277 g/mol. The Hall–Kier alpha value is -1.57. The first-order valence-corrected chi connectivity index (χ1v) is 6.96. The predicted octanol–water partition coefficient (Wildman–Crippen LogP) is 1.93. The van der Waals surface area contributed by atoms with Crippen molar-refractivity contribution in [3.05, 3.63) is 24.3 Å². The van der Waals surface area contributed by atoms with Gasteiger partial charge in [0.1, 0.15) is 5.60 Å². The van der Waals surface area contributed by atoms with Crippen molar-refractivity contribution in [3.63, 3.8) is 0 Å². The zero-order valence-corrected chi connectivity index (χ0v) is 12.3. The SMILES string of the molecule is CC(C)(C)OC(=O)Nc1ccc2sc(B(O)O)cc2c1. The third-order valence-corrected chi connectivity index (χ3v) is 3.59. The molecule has 1 heterocycles. The van der Waals surface area contributed by atoms with Gasteiger partial charge in [-0.3, -0.25) is 5.32 Å². The summed E-state index contributed by atoms with van der Waals surface area (Å²) in [4.78, 5) is 11.7. The molecule has 0 unspecified atom stereocenters. The molecule has 2 rings (SSSR count). The Morgan fingerprint density at radius 3 is 2.60 bits per heavy atom. The van der Waals surface area contributed by atoms with E-state index in [4.69, 9.17) is 14.8 Å². The lowest BCUT2D eigenvalue weighted by molar-refractivity contribution is 0.0636. The van der Waals surface area contributed by atoms with E-state index in [9.17, 15) is 4.79 Å². The summed E-state index contributed by atoms with van der Waals surface area (Å²) in [6, 6.07) is 7.02. The predicted molar refractivity (Wildman–Crippen MR) is 81.5 cm³/mol. The van der Waals surface area contributed by atoms with Crippen LogP contribution in [-0.2, 0) is 4.74 Å². The molecule has 0 saturated carbocycles. The van der Waals surface area contributed by atoms with Crippen molar-refractivity contribution >= 4 is 45.1 Å². The lowest BCUT2D eigenvalue weighted by Gasteiger charge is -2.19. The molecule has 7 heteroatoms. The summed E-state index contributed by atoms with van der Waals surface area (Å²) in [5, 5.41) is 21.8. The van der Waals surface area contributed by atoms with E-state index in [0.717, 1.165) is 10.1 Å². The molecule has 3 N–H and O–H groups in total. The van der Waals surface area contributed by atoms with Crippen LogP contribution < -0.4 is 10.1 Å². The average Bonchev–Trinajstić information content (AvgIpc) is 2.69. The summed E-state index contributed by atoms with van der Waals surface area (Å²) in [5.41, 5.74) is 0.0496. The number of nitrogens with one attached hydrogen (secondary N) is 1. The molecule has 0 aliphatic heterocycles. The number of hydrogen-bond acceptors (Lipinski definition) is 5. The Balaban J connectivity index is 2.17. The highest BCUT2D eigenvalue weighted by molar-refractivity contribution is 7.27. The Morgan fingerprint density at radius 2 is 2.00 bits per heavy atom. The average molecular weight is 293 g/mol. The fraction of sp³-hybridized carbons (Fsp3) is 0.308. The molecule has 20 heavy (non-hydrogen) atoms. The van der Waals surface area contributed by atoms with Crippen molar-refractivity contribution in [1.29, 1.82) is 0 Å². The molecule has 2 aromatic rings. The van der Waals surface area contributed by atoms with Crippen molar-refractivity contribution in [2.75, 3.05) is 5.32 Å². The number of rotatable bonds is 2. The minimum Gasteiger partial charge on any atom is -0.444 e. The van der Waals surface area contributed by atoms with Gasteiger partial charge in [-0.2, -0.15) is 0 Å². The molecule has 0 atom stereocenters. The number of carbonyl (C=O) groups is 1. The van der Waals surface area contributed by atoms with Gasteiger partial charge in [-0.15, -0.1) is 11.3 Å². The van der Waals surface area contributed by atoms with Crippen molar-refractivity contribution in [2.45, 2.75) is 26.4 Å². The van der Waals surface area contributed by atoms with Crippen LogP contribution in [0.2, 0.25) is 0 Å². The molecule has 0 saturated heterocycles. The van der Waals surface area contributed by atoms with E-state index >= 15 is 0 Å². The summed E-state index contributed by atoms with van der Waals surface area (Å²) in [6.07, 6.45) is -0.519. The zero-order valence-electron chi connectivity index (χ0n) is 11.5. The molecule has 0 spiro atoms. The van der Waals surface area contributed by atoms with E-state index in [1.54, 1.807) is 39.0 Å². The van der Waals surface area contributed by atoms with Gasteiger partial charge in [-0.05, 0) is 50.4 Å². The fourth-order valence-electron chi connectivity index (χ4n) is 1.69. The number of amides is 1. The number of thiophene rings is 1. The van der Waals surface area contributed by atoms with E-state index in [-0.39, 0.29) is 0 Å². The van der Waals surface area contributed by atoms with Crippen molar-refractivity contribution < 1.29 is 19.6 Å². The van der Waals surface area contributed by atoms with E-state index in [1.165, 1.54) is 11.3 Å². The maximum atomic E-state index is 11.7. The summed E-state index contributed by atoms with van der Waals surface area (Å²) < 4.78 is 6.56. The standard InChI is InChI=1S/C13H16BNO4S/c1-13(2,3)19-12(16)15-9-4-5-10-8(6-9)7-11(20-10)14(17)18/h4-7,17-18H,1-3H3,(H,15,16). The van der Waals surface area contributed by atoms with E-state index in [1.807, 2.05) is 6.07 Å². The van der Waals surface area contributed by atoms with Crippen LogP contribution in [0.3, 0.4) is 0 Å². The van der Waals surface area contributed by atoms with Crippen LogP contribution in [0.4, 0.5) is 10.5 Å². The first-order valence-electron chi connectivity index (χ1n) is 6.14. The van der Waals surface area contributed by atoms with Gasteiger partial charge in [-0.25, -0.2) is 4.79 Å². The van der Waals surface area contributed by atoms with Crippen molar-refractivity contribution in [3.8, 4) is 0 Å². The van der Waals surface area contributed by atoms with E-state index in [0.29, 0.717) is 10.5 Å². The Morgan fingerprint density at radius 1 is 1.30 bits per heavy atom. The molecule has 0 bridgehead atoms. The maximum Gasteiger partial charge on any atom is 0.499 e. The van der Waals surface area contributed by atoms with Gasteiger partial charge in [0.2, 0.25) is 0 Å². The van der Waals surface area contributed by atoms with Gasteiger partial charge in [0.15, 0.2) is 0 Å². The van der Waals surface area contributed by atoms with Crippen LogP contribution in [-0.4, -0.2) is 28.9 Å². The highest BCUT2D eigenvalue weighted by Gasteiger charge is 2.17. The Labute approximate surface area is 121 Å². The lowest BCUT2D eigenvalue weighted by atomic mass is 9.89. The maximum absolute atomic E-state index is 11.7. The quantitative estimate of drug-likeness (QED) is 0.739. The number of ether oxygens (including phenoxy) is 1. The van der Waals surface area contributed by atoms with Gasteiger partial charge in [0.25, 0.3) is 0 Å². The molecule has 0 radical (unpaired) electrons. The van der Waals surface area contributed by atoms with Crippen LogP contribution in [0, 0.1) is 0 Å². The van der Waals surface area contributed by atoms with Crippen LogP contribution in [0.1, 0.15) is 20.8 Å². The second-order valence-corrected chi connectivity index (χ2v) is 6.52. The molecule has 0 aliphatic rings. The highest BCUT2D eigenvalue weighted by Crippen LogP contribution is 2.23. The normalized spacial score (nSPS) is 11.4. The first kappa shape index (κ1) is 14.8. The molecule has 1 aromatic carbocycles. The van der Waals surface area contributed by atoms with Gasteiger partial charge < -0.3 is 14.8 Å². The topological polar surface area (TPSA) is 78.8 Å². The largest absolute Gasteiger partial charge is 0.499 e. The second-order valence-electron chi connectivity index (χ2n) is 5.40. The minimum absolute atomic E-state index is 0.467. The second kappa shape index (κ2) is 5.44. The van der Waals surface area contributed by atoms with Gasteiger partial charge in [0.05, 0.1) is 0 Å². The monoisotopic (exact) mass is 293 g/mol. The van der Waals surface area contributed by atoms with Crippen LogP contribution in [0.15, 0.2) is 24.3 Å². The van der Waals surface area contributed by atoms with Gasteiger partial charge in [-0.1, -0.05) is 0 Å². The molecule has 1 aromatic heterocycles. The molecule has 0 aliphatic carbocycles.